The molecule has 1 amide bonds. The van der Waals surface area contributed by atoms with E-state index in [4.69, 9.17) is 9.47 Å². The van der Waals surface area contributed by atoms with E-state index in [-0.39, 0.29) is 18.2 Å². The standard InChI is InChI=1S/C22H27N3O5S/c26-22(23-10-11-24-12-14-29-15-13-24)21-16-25(19-8-4-5-9-20(19)30-21)31(27,28)17-18-6-2-1-3-7-18/h1-9,21H,10-17H2,(H,23,26)/t21-/m1/s1. The molecule has 9 heteroatoms. The zero-order valence-electron chi connectivity index (χ0n) is 17.3. The van der Waals surface area contributed by atoms with Gasteiger partial charge in [-0.3, -0.25) is 14.0 Å². The van der Waals surface area contributed by atoms with Gasteiger partial charge < -0.3 is 14.8 Å². The third-order valence-electron chi connectivity index (χ3n) is 5.39. The van der Waals surface area contributed by atoms with Crippen molar-refractivity contribution in [3.8, 4) is 5.75 Å². The lowest BCUT2D eigenvalue weighted by molar-refractivity contribution is -0.127. The lowest BCUT2D eigenvalue weighted by Crippen LogP contribution is -2.52. The Labute approximate surface area is 182 Å². The summed E-state index contributed by atoms with van der Waals surface area (Å²) >= 11 is 0. The molecule has 1 N–H and O–H groups in total. The molecule has 0 radical (unpaired) electrons. The number of hydrogen-bond donors (Lipinski definition) is 1. The predicted octanol–water partition coefficient (Wildman–Crippen LogP) is 1.23. The number of benzene rings is 2. The van der Waals surface area contributed by atoms with Gasteiger partial charge in [-0.1, -0.05) is 42.5 Å². The number of para-hydroxylation sites is 2. The fourth-order valence-electron chi connectivity index (χ4n) is 3.74. The lowest BCUT2D eigenvalue weighted by Gasteiger charge is -2.35. The van der Waals surface area contributed by atoms with Crippen LogP contribution in [0.15, 0.2) is 54.6 Å². The number of ether oxygens (including phenoxy) is 2. The molecule has 2 aliphatic rings. The van der Waals surface area contributed by atoms with Crippen LogP contribution in [-0.2, 0) is 25.3 Å². The summed E-state index contributed by atoms with van der Waals surface area (Å²) in [5, 5.41) is 2.88. The minimum atomic E-state index is -3.70. The number of nitrogens with one attached hydrogen (secondary N) is 1. The van der Waals surface area contributed by atoms with Crippen molar-refractivity contribution in [2.24, 2.45) is 0 Å². The smallest absolute Gasteiger partial charge is 0.263 e. The highest BCUT2D eigenvalue weighted by Gasteiger charge is 2.36. The molecule has 0 bridgehead atoms. The molecule has 2 heterocycles. The first kappa shape index (κ1) is 21.6. The highest BCUT2D eigenvalue weighted by atomic mass is 32.2. The summed E-state index contributed by atoms with van der Waals surface area (Å²) in [5.74, 6) is -0.0746. The molecule has 0 saturated carbocycles. The normalized spacial score (nSPS) is 19.4. The van der Waals surface area contributed by atoms with Crippen LogP contribution in [0.3, 0.4) is 0 Å². The predicted molar refractivity (Wildman–Crippen MR) is 118 cm³/mol. The van der Waals surface area contributed by atoms with E-state index in [9.17, 15) is 13.2 Å². The summed E-state index contributed by atoms with van der Waals surface area (Å²) in [6.07, 6.45) is -0.912. The Hall–Kier alpha value is -2.62. The molecule has 2 aromatic rings. The van der Waals surface area contributed by atoms with Crippen LogP contribution >= 0.6 is 0 Å². The molecule has 0 aliphatic carbocycles. The van der Waals surface area contributed by atoms with Gasteiger partial charge in [0.25, 0.3) is 5.91 Å². The van der Waals surface area contributed by atoms with Gasteiger partial charge in [0.15, 0.2) is 6.10 Å². The van der Waals surface area contributed by atoms with Crippen LogP contribution in [0.2, 0.25) is 0 Å². The molecule has 0 unspecified atom stereocenters. The summed E-state index contributed by atoms with van der Waals surface area (Å²) in [6, 6.07) is 15.9. The Balaban J connectivity index is 1.45. The number of carbonyl (C=O) groups excluding carboxylic acids is 1. The number of fused-ring (bicyclic) bond motifs is 1. The maximum absolute atomic E-state index is 13.2. The number of carbonyl (C=O) groups is 1. The summed E-state index contributed by atoms with van der Waals surface area (Å²) in [4.78, 5) is 15.0. The molecule has 166 valence electrons. The van der Waals surface area contributed by atoms with Gasteiger partial charge in [-0.25, -0.2) is 8.42 Å². The largest absolute Gasteiger partial charge is 0.476 e. The van der Waals surface area contributed by atoms with Gasteiger partial charge in [0, 0.05) is 26.2 Å². The molecular weight excluding hydrogens is 418 g/mol. The van der Waals surface area contributed by atoms with E-state index in [2.05, 4.69) is 10.2 Å². The van der Waals surface area contributed by atoms with Gasteiger partial charge in [0.1, 0.15) is 5.75 Å². The Bertz CT molecular complexity index is 993. The summed E-state index contributed by atoms with van der Waals surface area (Å²) in [7, 11) is -3.70. The van der Waals surface area contributed by atoms with Crippen molar-refractivity contribution in [1.82, 2.24) is 10.2 Å². The molecule has 31 heavy (non-hydrogen) atoms. The molecule has 1 atom stereocenters. The molecular formula is C22H27N3O5S. The van der Waals surface area contributed by atoms with Crippen LogP contribution in [0.25, 0.3) is 0 Å². The Morgan fingerprint density at radius 1 is 1.03 bits per heavy atom. The van der Waals surface area contributed by atoms with E-state index in [1.807, 2.05) is 18.2 Å². The highest BCUT2D eigenvalue weighted by molar-refractivity contribution is 7.92. The first-order valence-electron chi connectivity index (χ1n) is 10.4. The SMILES string of the molecule is O=C(NCCN1CCOCC1)[C@H]1CN(S(=O)(=O)Cc2ccccc2)c2ccccc2O1. The fourth-order valence-corrected chi connectivity index (χ4v) is 5.32. The second kappa shape index (κ2) is 9.67. The number of anilines is 1. The van der Waals surface area contributed by atoms with E-state index in [0.717, 1.165) is 13.1 Å². The monoisotopic (exact) mass is 445 g/mol. The van der Waals surface area contributed by atoms with Crippen LogP contribution in [-0.4, -0.2) is 71.3 Å². The summed E-state index contributed by atoms with van der Waals surface area (Å²) in [6.45, 7) is 4.21. The van der Waals surface area contributed by atoms with Gasteiger partial charge >= 0.3 is 0 Å². The third-order valence-corrected chi connectivity index (χ3v) is 7.10. The maximum atomic E-state index is 13.2. The average Bonchev–Trinajstić information content (AvgIpc) is 2.79. The van der Waals surface area contributed by atoms with E-state index in [0.29, 0.717) is 43.3 Å². The van der Waals surface area contributed by atoms with E-state index in [1.165, 1.54) is 4.31 Å². The van der Waals surface area contributed by atoms with Gasteiger partial charge in [-0.15, -0.1) is 0 Å². The number of morpholine rings is 1. The van der Waals surface area contributed by atoms with Crippen LogP contribution in [0.5, 0.6) is 5.75 Å². The maximum Gasteiger partial charge on any atom is 0.263 e. The first-order chi connectivity index (χ1) is 15.0. The quantitative estimate of drug-likeness (QED) is 0.690. The van der Waals surface area contributed by atoms with E-state index >= 15 is 0 Å². The molecule has 8 nitrogen and oxygen atoms in total. The summed E-state index contributed by atoms with van der Waals surface area (Å²) in [5.41, 5.74) is 1.15. The number of hydrogen-bond acceptors (Lipinski definition) is 6. The second-order valence-corrected chi connectivity index (χ2v) is 9.49. The topological polar surface area (TPSA) is 88.2 Å². The van der Waals surface area contributed by atoms with Crippen molar-refractivity contribution in [2.45, 2.75) is 11.9 Å². The molecule has 2 aliphatic heterocycles. The number of nitrogens with zero attached hydrogens (tertiary/aromatic N) is 2. The van der Waals surface area contributed by atoms with Crippen molar-refractivity contribution < 1.29 is 22.7 Å². The van der Waals surface area contributed by atoms with Crippen molar-refractivity contribution in [2.75, 3.05) is 50.2 Å². The van der Waals surface area contributed by atoms with Crippen LogP contribution in [0.1, 0.15) is 5.56 Å². The first-order valence-corrected chi connectivity index (χ1v) is 12.0. The number of amides is 1. The third kappa shape index (κ3) is 5.36. The van der Waals surface area contributed by atoms with E-state index < -0.39 is 16.1 Å². The van der Waals surface area contributed by atoms with Gasteiger partial charge in [-0.2, -0.15) is 0 Å². The van der Waals surface area contributed by atoms with Crippen molar-refractivity contribution >= 4 is 21.6 Å². The second-order valence-electron chi connectivity index (χ2n) is 7.59. The molecule has 0 aromatic heterocycles. The van der Waals surface area contributed by atoms with Crippen LogP contribution in [0.4, 0.5) is 5.69 Å². The molecule has 2 aromatic carbocycles. The minimum Gasteiger partial charge on any atom is -0.476 e. The molecule has 0 spiro atoms. The fraction of sp³-hybridized carbons (Fsp3) is 0.409. The molecule has 4 rings (SSSR count). The zero-order chi connectivity index (χ0) is 21.7. The highest BCUT2D eigenvalue weighted by Crippen LogP contribution is 2.35. The zero-order valence-corrected chi connectivity index (χ0v) is 18.1. The average molecular weight is 446 g/mol. The lowest BCUT2D eigenvalue weighted by atomic mass is 10.2. The van der Waals surface area contributed by atoms with Gasteiger partial charge in [0.2, 0.25) is 10.0 Å². The Kier molecular flexibility index (Phi) is 6.74. The van der Waals surface area contributed by atoms with Crippen LogP contribution in [0, 0.1) is 0 Å². The molecule has 1 fully saturated rings. The van der Waals surface area contributed by atoms with Crippen molar-refractivity contribution in [1.29, 1.82) is 0 Å². The van der Waals surface area contributed by atoms with Crippen molar-refractivity contribution in [3.63, 3.8) is 0 Å². The molecule has 1 saturated heterocycles. The minimum absolute atomic E-state index is 0.0600. The van der Waals surface area contributed by atoms with E-state index in [1.54, 1.807) is 36.4 Å². The number of sulfonamides is 1. The van der Waals surface area contributed by atoms with Gasteiger partial charge in [0.05, 0.1) is 31.2 Å². The van der Waals surface area contributed by atoms with Crippen molar-refractivity contribution in [3.05, 3.63) is 60.2 Å². The summed E-state index contributed by atoms with van der Waals surface area (Å²) < 4.78 is 38.9. The Morgan fingerprint density at radius 3 is 2.52 bits per heavy atom. The van der Waals surface area contributed by atoms with Crippen LogP contribution < -0.4 is 14.4 Å². The Morgan fingerprint density at radius 2 is 1.74 bits per heavy atom. The number of rotatable bonds is 7. The van der Waals surface area contributed by atoms with Gasteiger partial charge in [-0.05, 0) is 17.7 Å².